The molecular weight excluding hydrogens is 188 g/mol. The topological polar surface area (TPSA) is 59.1 Å². The second kappa shape index (κ2) is 2.56. The standard InChI is InChI=1S/C8H8N2O2S/c1-6-8-7(2-4-9-6)3-5-13(11,12)10-8/h2-5,10H,1H3. The molecule has 2 rings (SSSR count). The van der Waals surface area contributed by atoms with Gasteiger partial charge in [0.05, 0.1) is 16.8 Å². The maximum atomic E-state index is 11.1. The number of rotatable bonds is 0. The van der Waals surface area contributed by atoms with Crippen molar-refractivity contribution in [1.82, 2.24) is 4.98 Å². The molecule has 1 N–H and O–H groups in total. The number of pyridine rings is 1. The van der Waals surface area contributed by atoms with Crippen LogP contribution < -0.4 is 4.72 Å². The van der Waals surface area contributed by atoms with Crippen molar-refractivity contribution >= 4 is 21.8 Å². The monoisotopic (exact) mass is 196 g/mol. The third-order valence-corrected chi connectivity index (χ3v) is 2.83. The third kappa shape index (κ3) is 1.42. The van der Waals surface area contributed by atoms with Gasteiger partial charge in [-0.25, -0.2) is 8.42 Å². The van der Waals surface area contributed by atoms with Gasteiger partial charge in [-0.2, -0.15) is 0 Å². The van der Waals surface area contributed by atoms with Gasteiger partial charge >= 0.3 is 0 Å². The Morgan fingerprint density at radius 2 is 2.23 bits per heavy atom. The van der Waals surface area contributed by atoms with Gasteiger partial charge in [-0.15, -0.1) is 0 Å². The van der Waals surface area contributed by atoms with Gasteiger partial charge in [-0.1, -0.05) is 0 Å². The first-order valence-corrected chi connectivity index (χ1v) is 5.30. The minimum Gasteiger partial charge on any atom is -0.278 e. The summed E-state index contributed by atoms with van der Waals surface area (Å²) in [6.07, 6.45) is 3.22. The first-order valence-electron chi connectivity index (χ1n) is 3.75. The molecule has 68 valence electrons. The first kappa shape index (κ1) is 8.25. The summed E-state index contributed by atoms with van der Waals surface area (Å²) in [5.74, 6) is 0. The maximum absolute atomic E-state index is 11.1. The maximum Gasteiger partial charge on any atom is 0.255 e. The zero-order chi connectivity index (χ0) is 9.47. The van der Waals surface area contributed by atoms with Crippen molar-refractivity contribution in [1.29, 1.82) is 0 Å². The minimum absolute atomic E-state index is 0.574. The van der Waals surface area contributed by atoms with Crippen molar-refractivity contribution in [2.45, 2.75) is 6.92 Å². The minimum atomic E-state index is -3.29. The van der Waals surface area contributed by atoms with Crippen LogP contribution >= 0.6 is 0 Å². The SMILES string of the molecule is Cc1nccc2c1NS(=O)(=O)C=C2. The summed E-state index contributed by atoms with van der Waals surface area (Å²) in [4.78, 5) is 4.00. The van der Waals surface area contributed by atoms with Crippen LogP contribution in [0.3, 0.4) is 0 Å². The van der Waals surface area contributed by atoms with E-state index in [-0.39, 0.29) is 0 Å². The quantitative estimate of drug-likeness (QED) is 0.676. The molecule has 1 aromatic heterocycles. The number of sulfonamides is 1. The lowest BCUT2D eigenvalue weighted by Gasteiger charge is -2.14. The molecule has 5 heteroatoms. The van der Waals surface area contributed by atoms with E-state index in [0.717, 1.165) is 11.0 Å². The smallest absolute Gasteiger partial charge is 0.255 e. The van der Waals surface area contributed by atoms with E-state index in [2.05, 4.69) is 9.71 Å². The van der Waals surface area contributed by atoms with Gasteiger partial charge in [0, 0.05) is 11.8 Å². The largest absolute Gasteiger partial charge is 0.278 e. The van der Waals surface area contributed by atoms with E-state index >= 15 is 0 Å². The van der Waals surface area contributed by atoms with Gasteiger partial charge < -0.3 is 0 Å². The first-order chi connectivity index (χ1) is 6.08. The Morgan fingerprint density at radius 3 is 3.00 bits per heavy atom. The fourth-order valence-electron chi connectivity index (χ4n) is 1.20. The lowest BCUT2D eigenvalue weighted by molar-refractivity contribution is 0.609. The molecule has 0 radical (unpaired) electrons. The van der Waals surface area contributed by atoms with Crippen LogP contribution in [0.2, 0.25) is 0 Å². The Labute approximate surface area is 76.4 Å². The summed E-state index contributed by atoms with van der Waals surface area (Å²) in [6, 6.07) is 1.76. The molecule has 2 heterocycles. The van der Waals surface area contributed by atoms with Gasteiger partial charge in [0.15, 0.2) is 0 Å². The molecule has 0 unspecified atom stereocenters. The lowest BCUT2D eigenvalue weighted by atomic mass is 10.2. The van der Waals surface area contributed by atoms with Crippen LogP contribution in [0.15, 0.2) is 17.7 Å². The van der Waals surface area contributed by atoms with Gasteiger partial charge in [0.1, 0.15) is 0 Å². The Morgan fingerprint density at radius 1 is 1.46 bits per heavy atom. The molecule has 1 aliphatic heterocycles. The predicted molar refractivity (Wildman–Crippen MR) is 50.6 cm³/mol. The van der Waals surface area contributed by atoms with Crippen molar-refractivity contribution in [3.05, 3.63) is 28.9 Å². The number of anilines is 1. The summed E-state index contributed by atoms with van der Waals surface area (Å²) in [7, 11) is -3.29. The van der Waals surface area contributed by atoms with Gasteiger partial charge in [0.25, 0.3) is 10.0 Å². The Hall–Kier alpha value is -1.36. The molecule has 0 amide bonds. The Kier molecular flexibility index (Phi) is 1.63. The van der Waals surface area contributed by atoms with Gasteiger partial charge in [-0.05, 0) is 19.1 Å². The van der Waals surface area contributed by atoms with Crippen molar-refractivity contribution in [3.63, 3.8) is 0 Å². The Bertz CT molecular complexity index is 477. The second-order valence-corrected chi connectivity index (χ2v) is 4.38. The molecule has 0 fully saturated rings. The number of nitrogens with zero attached hydrogens (tertiary/aromatic N) is 1. The number of nitrogens with one attached hydrogen (secondary N) is 1. The zero-order valence-corrected chi connectivity index (χ0v) is 7.80. The molecule has 13 heavy (non-hydrogen) atoms. The van der Waals surface area contributed by atoms with E-state index in [0.29, 0.717) is 11.4 Å². The van der Waals surface area contributed by atoms with Crippen LogP contribution in [0.25, 0.3) is 6.08 Å². The summed E-state index contributed by atoms with van der Waals surface area (Å²) in [5.41, 5.74) is 2.11. The highest BCUT2D eigenvalue weighted by Crippen LogP contribution is 2.25. The number of aromatic nitrogens is 1. The van der Waals surface area contributed by atoms with Gasteiger partial charge in [-0.3, -0.25) is 9.71 Å². The van der Waals surface area contributed by atoms with Crippen molar-refractivity contribution < 1.29 is 8.42 Å². The zero-order valence-electron chi connectivity index (χ0n) is 6.98. The molecule has 0 spiro atoms. The fraction of sp³-hybridized carbons (Fsp3) is 0.125. The molecule has 0 atom stereocenters. The van der Waals surface area contributed by atoms with E-state index in [4.69, 9.17) is 0 Å². The average Bonchev–Trinajstić information content (AvgIpc) is 2.06. The molecule has 4 nitrogen and oxygen atoms in total. The highest BCUT2D eigenvalue weighted by atomic mass is 32.2. The molecule has 0 bridgehead atoms. The van der Waals surface area contributed by atoms with E-state index in [1.165, 1.54) is 0 Å². The lowest BCUT2D eigenvalue weighted by Crippen LogP contribution is -2.14. The molecule has 0 aliphatic carbocycles. The normalized spacial score (nSPS) is 17.6. The summed E-state index contributed by atoms with van der Waals surface area (Å²) in [5, 5.41) is 1.15. The van der Waals surface area contributed by atoms with Crippen LogP contribution in [0.5, 0.6) is 0 Å². The number of hydrogen-bond donors (Lipinski definition) is 1. The molecule has 0 saturated heterocycles. The molecule has 0 saturated carbocycles. The van der Waals surface area contributed by atoms with Crippen molar-refractivity contribution in [2.75, 3.05) is 4.72 Å². The fourth-order valence-corrected chi connectivity index (χ4v) is 2.14. The number of fused-ring (bicyclic) bond motifs is 1. The van der Waals surface area contributed by atoms with Crippen LogP contribution in [0.4, 0.5) is 5.69 Å². The van der Waals surface area contributed by atoms with Crippen LogP contribution in [-0.4, -0.2) is 13.4 Å². The summed E-state index contributed by atoms with van der Waals surface area (Å²) in [6.45, 7) is 1.76. The van der Waals surface area contributed by atoms with E-state index < -0.39 is 10.0 Å². The van der Waals surface area contributed by atoms with Crippen molar-refractivity contribution in [3.8, 4) is 0 Å². The van der Waals surface area contributed by atoms with E-state index in [1.54, 1.807) is 25.3 Å². The van der Waals surface area contributed by atoms with Crippen molar-refractivity contribution in [2.24, 2.45) is 0 Å². The third-order valence-electron chi connectivity index (χ3n) is 1.84. The molecule has 1 aliphatic rings. The predicted octanol–water partition coefficient (Wildman–Crippen LogP) is 1.12. The molecule has 0 aromatic carbocycles. The van der Waals surface area contributed by atoms with E-state index in [9.17, 15) is 8.42 Å². The van der Waals surface area contributed by atoms with Crippen LogP contribution in [0.1, 0.15) is 11.3 Å². The molecule has 1 aromatic rings. The molecular formula is C8H8N2O2S. The average molecular weight is 196 g/mol. The Balaban J connectivity index is 2.67. The summed E-state index contributed by atoms with van der Waals surface area (Å²) < 4.78 is 24.7. The number of aryl methyl sites for hydroxylation is 1. The second-order valence-electron chi connectivity index (χ2n) is 2.81. The van der Waals surface area contributed by atoms with Crippen LogP contribution in [-0.2, 0) is 10.0 Å². The highest BCUT2D eigenvalue weighted by Gasteiger charge is 2.15. The number of hydrogen-bond acceptors (Lipinski definition) is 3. The summed E-state index contributed by atoms with van der Waals surface area (Å²) >= 11 is 0. The highest BCUT2D eigenvalue weighted by molar-refractivity contribution is 7.95. The van der Waals surface area contributed by atoms with Gasteiger partial charge in [0.2, 0.25) is 0 Å². The van der Waals surface area contributed by atoms with Crippen LogP contribution in [0, 0.1) is 6.92 Å². The van der Waals surface area contributed by atoms with E-state index in [1.807, 2.05) is 0 Å².